The maximum atomic E-state index is 13.1. The Labute approximate surface area is 226 Å². The molecule has 0 aliphatic carbocycles. The van der Waals surface area contributed by atoms with E-state index in [9.17, 15) is 24.3 Å². The summed E-state index contributed by atoms with van der Waals surface area (Å²) in [4.78, 5) is 63.4. The lowest BCUT2D eigenvalue weighted by Crippen LogP contribution is -2.71. The molecule has 3 aromatic rings. The molecule has 2 aliphatic heterocycles. The molecule has 1 saturated heterocycles. The van der Waals surface area contributed by atoms with E-state index in [1.165, 1.54) is 28.7 Å². The van der Waals surface area contributed by atoms with Crippen LogP contribution in [-0.2, 0) is 19.2 Å². The Morgan fingerprint density at radius 3 is 2.82 bits per heavy atom. The fourth-order valence-electron chi connectivity index (χ4n) is 4.15. The highest BCUT2D eigenvalue weighted by molar-refractivity contribution is 8.00. The zero-order chi connectivity index (χ0) is 27.3. The van der Waals surface area contributed by atoms with Crippen LogP contribution in [0.4, 0.5) is 5.13 Å². The number of carboxylic acid groups (broad SMARTS) is 1. The second kappa shape index (κ2) is 9.76. The predicted octanol–water partition coefficient (Wildman–Crippen LogP) is -0.475. The van der Waals surface area contributed by atoms with E-state index in [1.807, 2.05) is 0 Å². The largest absolute Gasteiger partial charge is 0.477 e. The molecule has 198 valence electrons. The molecule has 0 saturated carbocycles. The summed E-state index contributed by atoms with van der Waals surface area (Å²) in [5, 5.41) is 24.4. The summed E-state index contributed by atoms with van der Waals surface area (Å²) in [6.07, 6.45) is 0. The third-order valence-corrected chi connectivity index (χ3v) is 8.31. The number of H-pyrrole nitrogens is 1. The maximum absolute atomic E-state index is 13.1. The average molecular weight is 578 g/mol. The summed E-state index contributed by atoms with van der Waals surface area (Å²) in [6.45, 7) is 1.69. The van der Waals surface area contributed by atoms with E-state index in [-0.39, 0.29) is 45.0 Å². The number of aryl methyl sites for hydroxylation is 1. The minimum absolute atomic E-state index is 0.109. The topological polar surface area (TPSA) is 210 Å². The van der Waals surface area contributed by atoms with Crippen molar-refractivity contribution in [1.82, 2.24) is 34.8 Å². The van der Waals surface area contributed by atoms with Crippen molar-refractivity contribution in [2.75, 3.05) is 18.6 Å². The van der Waals surface area contributed by atoms with Gasteiger partial charge in [-0.05, 0) is 12.5 Å². The van der Waals surface area contributed by atoms with Gasteiger partial charge in [0.15, 0.2) is 22.3 Å². The number of thioether (sulfide) groups is 1. The van der Waals surface area contributed by atoms with E-state index in [4.69, 9.17) is 10.6 Å². The molecular formula is C20H19N9O6S3. The Kier molecular flexibility index (Phi) is 6.61. The lowest BCUT2D eigenvalue weighted by atomic mass is 10.0. The molecule has 5 rings (SSSR count). The fourth-order valence-corrected chi connectivity index (χ4v) is 6.59. The summed E-state index contributed by atoms with van der Waals surface area (Å²) in [5.41, 5.74) is 5.95. The molecule has 5 N–H and O–H groups in total. The van der Waals surface area contributed by atoms with E-state index < -0.39 is 40.1 Å². The number of carbonyl (C=O) groups is 3. The smallest absolute Gasteiger partial charge is 0.352 e. The number of nitrogens with one attached hydrogen (secondary N) is 2. The summed E-state index contributed by atoms with van der Waals surface area (Å²) in [5.74, 6) is -2.49. The van der Waals surface area contributed by atoms with E-state index >= 15 is 0 Å². The number of hydrogen-bond donors (Lipinski definition) is 5. The number of oxime groups is 1. The number of nitrogens with zero attached hydrogens (tertiary/aromatic N) is 6. The molecule has 3 aromatic heterocycles. The Morgan fingerprint density at radius 1 is 1.39 bits per heavy atom. The number of β-lactam (4-membered cyclic amide) rings is 1. The van der Waals surface area contributed by atoms with E-state index in [1.54, 1.807) is 13.0 Å². The summed E-state index contributed by atoms with van der Waals surface area (Å²) in [7, 11) is 1.25. The molecule has 0 radical (unpaired) electrons. The second-order valence-electron chi connectivity index (χ2n) is 8.15. The van der Waals surface area contributed by atoms with Gasteiger partial charge in [-0.25, -0.2) is 19.0 Å². The molecule has 0 aromatic carbocycles. The summed E-state index contributed by atoms with van der Waals surface area (Å²) >= 11 is 6.89. The van der Waals surface area contributed by atoms with Crippen LogP contribution in [0.2, 0.25) is 0 Å². The monoisotopic (exact) mass is 577 g/mol. The van der Waals surface area contributed by atoms with Gasteiger partial charge in [-0.15, -0.1) is 33.3 Å². The van der Waals surface area contributed by atoms with Crippen LogP contribution in [0.25, 0.3) is 5.65 Å². The molecule has 18 heteroatoms. The molecular weight excluding hydrogens is 558 g/mol. The number of thiol groups is 1. The molecule has 2 amide bonds. The standard InChI is InChI=1S/C20H19N9O6S3/c1-6-3-9-25-26-14(28(9)20(34)22-6)13(36)7-4-37-17-11(16(31)29(17)12(7)18(32)33)24-15(30)10(27-35-2)8-5-38-19(21)23-8/h3,5,11,13,17,36H,4H2,1-2H3,(H2,21,23)(H,22,34)(H,24,30)(H,32,33)/t11-,13?,17-/m1/s1. The number of hydrogen-bond acceptors (Lipinski definition) is 13. The van der Waals surface area contributed by atoms with Crippen LogP contribution in [-0.4, -0.2) is 82.3 Å². The number of aliphatic carboxylic acids is 1. The van der Waals surface area contributed by atoms with E-state index in [0.29, 0.717) is 5.69 Å². The highest BCUT2D eigenvalue weighted by Gasteiger charge is 2.55. The normalized spacial score (nSPS) is 20.2. The molecule has 1 fully saturated rings. The van der Waals surface area contributed by atoms with Crippen LogP contribution >= 0.6 is 35.7 Å². The summed E-state index contributed by atoms with van der Waals surface area (Å²) in [6, 6.07) is 0.587. The van der Waals surface area contributed by atoms with Crippen molar-refractivity contribution in [3.8, 4) is 0 Å². The number of carbonyl (C=O) groups excluding carboxylic acids is 2. The number of aromatic nitrogens is 5. The fraction of sp³-hybridized carbons (Fsp3) is 0.300. The van der Waals surface area contributed by atoms with Gasteiger partial charge in [0.25, 0.3) is 11.8 Å². The minimum Gasteiger partial charge on any atom is -0.477 e. The number of rotatable bonds is 7. The van der Waals surface area contributed by atoms with Crippen molar-refractivity contribution >= 4 is 70.0 Å². The second-order valence-corrected chi connectivity index (χ2v) is 10.7. The van der Waals surface area contributed by atoms with Crippen molar-refractivity contribution in [2.45, 2.75) is 23.6 Å². The van der Waals surface area contributed by atoms with E-state index in [2.05, 4.69) is 43.3 Å². The number of carboxylic acids is 1. The highest BCUT2D eigenvalue weighted by Crippen LogP contribution is 2.45. The number of nitrogens with two attached hydrogens (primary N) is 1. The molecule has 0 spiro atoms. The molecule has 1 unspecified atom stereocenters. The third kappa shape index (κ3) is 4.19. The number of aromatic amines is 1. The number of anilines is 1. The van der Waals surface area contributed by atoms with Crippen LogP contribution in [0.1, 0.15) is 22.5 Å². The van der Waals surface area contributed by atoms with Crippen LogP contribution < -0.4 is 16.7 Å². The van der Waals surface area contributed by atoms with Gasteiger partial charge < -0.3 is 26.0 Å². The van der Waals surface area contributed by atoms with Gasteiger partial charge in [-0.3, -0.25) is 14.5 Å². The Morgan fingerprint density at radius 2 is 2.16 bits per heavy atom. The van der Waals surface area contributed by atoms with Gasteiger partial charge >= 0.3 is 11.7 Å². The molecule has 3 atom stereocenters. The first kappa shape index (κ1) is 25.7. The first-order valence-electron chi connectivity index (χ1n) is 10.8. The van der Waals surface area contributed by atoms with Crippen molar-refractivity contribution in [2.24, 2.45) is 5.16 Å². The zero-order valence-electron chi connectivity index (χ0n) is 19.6. The third-order valence-electron chi connectivity index (χ3n) is 5.79. The zero-order valence-corrected chi connectivity index (χ0v) is 22.1. The first-order valence-corrected chi connectivity index (χ1v) is 13.2. The van der Waals surface area contributed by atoms with Crippen molar-refractivity contribution in [3.05, 3.63) is 50.4 Å². The van der Waals surface area contributed by atoms with Crippen LogP contribution in [0.15, 0.2) is 32.7 Å². The van der Waals surface area contributed by atoms with Gasteiger partial charge in [0, 0.05) is 22.9 Å². The van der Waals surface area contributed by atoms with Gasteiger partial charge in [0.1, 0.15) is 29.9 Å². The highest BCUT2D eigenvalue weighted by atomic mass is 32.2. The van der Waals surface area contributed by atoms with Crippen LogP contribution in [0, 0.1) is 6.92 Å². The SMILES string of the molecule is CON=C(C(=O)N[C@@H]1C(=O)N2C(C(=O)O)=C(C(S)c3nnc4cc(C)[nH]c(=O)n34)CS[C@H]12)c1csc(N)n1. The predicted molar refractivity (Wildman–Crippen MR) is 140 cm³/mol. The summed E-state index contributed by atoms with van der Waals surface area (Å²) < 4.78 is 1.21. The lowest BCUT2D eigenvalue weighted by molar-refractivity contribution is -0.150. The number of nitrogen functional groups attached to an aromatic ring is 1. The van der Waals surface area contributed by atoms with Crippen LogP contribution in [0.3, 0.4) is 0 Å². The van der Waals surface area contributed by atoms with Crippen molar-refractivity contribution < 1.29 is 24.3 Å². The number of thiazole rings is 1. The van der Waals surface area contributed by atoms with Gasteiger partial charge in [0.05, 0.1) is 5.25 Å². The molecule has 38 heavy (non-hydrogen) atoms. The van der Waals surface area contributed by atoms with E-state index in [0.717, 1.165) is 16.2 Å². The molecule has 15 nitrogen and oxygen atoms in total. The number of fused-ring (bicyclic) bond motifs is 2. The Bertz CT molecular complexity index is 1610. The minimum atomic E-state index is -1.36. The maximum Gasteiger partial charge on any atom is 0.352 e. The quantitative estimate of drug-likeness (QED) is 0.105. The molecule has 2 aliphatic rings. The lowest BCUT2D eigenvalue weighted by Gasteiger charge is -2.49. The first-order chi connectivity index (χ1) is 18.1. The van der Waals surface area contributed by atoms with Gasteiger partial charge in [-0.1, -0.05) is 5.16 Å². The van der Waals surface area contributed by atoms with Gasteiger partial charge in [-0.2, -0.15) is 12.6 Å². The van der Waals surface area contributed by atoms with Crippen molar-refractivity contribution in [3.63, 3.8) is 0 Å². The molecule has 0 bridgehead atoms. The Hall–Kier alpha value is -3.90. The van der Waals surface area contributed by atoms with Crippen LogP contribution in [0.5, 0.6) is 0 Å². The number of amides is 2. The van der Waals surface area contributed by atoms with Crippen molar-refractivity contribution in [1.29, 1.82) is 0 Å². The molecule has 5 heterocycles. The Balaban J connectivity index is 1.43. The average Bonchev–Trinajstić information content (AvgIpc) is 3.50. The van der Waals surface area contributed by atoms with Gasteiger partial charge in [0.2, 0.25) is 0 Å².